The van der Waals surface area contributed by atoms with Gasteiger partial charge in [0.25, 0.3) is 0 Å². The number of hydrogen-bond acceptors (Lipinski definition) is 5. The van der Waals surface area contributed by atoms with E-state index in [1.807, 2.05) is 27.7 Å². The van der Waals surface area contributed by atoms with Crippen molar-refractivity contribution in [2.45, 2.75) is 73.7 Å². The molecule has 1 atom stereocenters. The van der Waals surface area contributed by atoms with Crippen LogP contribution in [0.2, 0.25) is 0 Å². The van der Waals surface area contributed by atoms with Gasteiger partial charge >= 0.3 is 9.05 Å². The molecule has 0 heterocycles. The highest BCUT2D eigenvalue weighted by atomic mass is 28.4. The summed E-state index contributed by atoms with van der Waals surface area (Å²) in [5.41, 5.74) is 0. The van der Waals surface area contributed by atoms with Gasteiger partial charge in [-0.05, 0) is 55.4 Å². The maximum atomic E-state index is 6.14. The van der Waals surface area contributed by atoms with Crippen molar-refractivity contribution in [3.8, 4) is 0 Å². The van der Waals surface area contributed by atoms with Crippen LogP contribution in [0.5, 0.6) is 0 Å². The third kappa shape index (κ3) is 6.20. The molecule has 0 amide bonds. The molecule has 0 bridgehead atoms. The Hall–Kier alpha value is 0.0169. The van der Waals surface area contributed by atoms with Gasteiger partial charge in [-0.15, -0.1) is 0 Å². The summed E-state index contributed by atoms with van der Waals surface area (Å²) in [7, 11) is -3.05. The molecule has 122 valence electrons. The van der Waals surface area contributed by atoms with E-state index in [0.29, 0.717) is 31.9 Å². The van der Waals surface area contributed by atoms with Crippen LogP contribution >= 0.6 is 0 Å². The molecule has 20 heavy (non-hydrogen) atoms. The Labute approximate surface area is 126 Å². The van der Waals surface area contributed by atoms with Crippen LogP contribution in [-0.2, 0) is 17.7 Å². The van der Waals surface area contributed by atoms with Crippen LogP contribution in [0.25, 0.3) is 0 Å². The van der Waals surface area contributed by atoms with E-state index in [-0.39, 0.29) is 6.23 Å². The average molecular weight is 308 g/mol. The van der Waals surface area contributed by atoms with Gasteiger partial charge in [0.05, 0.1) is 0 Å². The first kappa shape index (κ1) is 20.0. The first-order valence-corrected chi connectivity index (χ1v) is 9.33. The van der Waals surface area contributed by atoms with Crippen molar-refractivity contribution in [2.75, 3.05) is 19.8 Å². The summed E-state index contributed by atoms with van der Waals surface area (Å²) in [5, 5.41) is 0. The minimum Gasteiger partial charge on any atom is -0.351 e. The topological polar surface area (TPSA) is 40.2 Å². The largest absolute Gasteiger partial charge is 0.680 e. The van der Waals surface area contributed by atoms with E-state index < -0.39 is 9.05 Å². The quantitative estimate of drug-likeness (QED) is 0.433. The molecule has 0 radical (unpaired) electrons. The zero-order valence-electron chi connectivity index (χ0n) is 14.4. The molecule has 0 aromatic rings. The lowest BCUT2D eigenvalue weighted by molar-refractivity contribution is -0.103. The van der Waals surface area contributed by atoms with Crippen LogP contribution in [0.1, 0.15) is 55.4 Å². The monoisotopic (exact) mass is 307 g/mol. The van der Waals surface area contributed by atoms with Crippen LogP contribution < -0.4 is 0 Å². The highest BCUT2D eigenvalue weighted by molar-refractivity contribution is 6.53. The fraction of sp³-hybridized carbons (Fsp3) is 1.00. The van der Waals surface area contributed by atoms with Crippen molar-refractivity contribution in [1.29, 1.82) is 0 Å². The Morgan fingerprint density at radius 3 is 1.35 bits per heavy atom. The predicted octanol–water partition coefficient (Wildman–Crippen LogP) is 3.01. The van der Waals surface area contributed by atoms with Crippen molar-refractivity contribution in [2.24, 2.45) is 0 Å². The lowest BCUT2D eigenvalue weighted by Crippen LogP contribution is -2.56. The normalized spacial score (nSPS) is 14.6. The van der Waals surface area contributed by atoms with Gasteiger partial charge in [0, 0.05) is 31.9 Å². The highest BCUT2D eigenvalue weighted by Gasteiger charge is 2.47. The van der Waals surface area contributed by atoms with Gasteiger partial charge in [0.15, 0.2) is 0 Å². The summed E-state index contributed by atoms with van der Waals surface area (Å²) in [6, 6.07) is 0.753. The SMILES string of the molecule is CCO[Si](OCC)(OCC)OC(C)N(C(C)C)C(C)C. The molecule has 1 unspecified atom stereocenters. The molecule has 0 spiro atoms. The number of nitrogens with zero attached hydrogens (tertiary/aromatic N) is 1. The van der Waals surface area contributed by atoms with Crippen molar-refractivity contribution < 1.29 is 17.7 Å². The third-order valence-corrected chi connectivity index (χ3v) is 5.45. The molecule has 0 aromatic heterocycles. The minimum absolute atomic E-state index is 0.119. The van der Waals surface area contributed by atoms with E-state index >= 15 is 0 Å². The average Bonchev–Trinajstić information content (AvgIpc) is 2.28. The van der Waals surface area contributed by atoms with Crippen LogP contribution in [0.15, 0.2) is 0 Å². The maximum Gasteiger partial charge on any atom is 0.680 e. The lowest BCUT2D eigenvalue weighted by Gasteiger charge is -2.39. The highest BCUT2D eigenvalue weighted by Crippen LogP contribution is 2.19. The minimum atomic E-state index is -3.05. The Kier molecular flexibility index (Phi) is 9.87. The van der Waals surface area contributed by atoms with Crippen molar-refractivity contribution in [3.05, 3.63) is 0 Å². The molecule has 0 saturated carbocycles. The molecule has 0 N–H and O–H groups in total. The molecular weight excluding hydrogens is 274 g/mol. The van der Waals surface area contributed by atoms with Crippen molar-refractivity contribution in [1.82, 2.24) is 4.90 Å². The van der Waals surface area contributed by atoms with E-state index in [9.17, 15) is 0 Å². The van der Waals surface area contributed by atoms with Gasteiger partial charge in [-0.1, -0.05) is 0 Å². The van der Waals surface area contributed by atoms with Gasteiger partial charge in [-0.2, -0.15) is 0 Å². The fourth-order valence-corrected chi connectivity index (χ4v) is 4.52. The Morgan fingerprint density at radius 2 is 1.10 bits per heavy atom. The van der Waals surface area contributed by atoms with Gasteiger partial charge in [-0.25, -0.2) is 0 Å². The zero-order valence-corrected chi connectivity index (χ0v) is 15.4. The molecule has 0 fully saturated rings. The van der Waals surface area contributed by atoms with Crippen LogP contribution in [0, 0.1) is 0 Å². The van der Waals surface area contributed by atoms with Crippen LogP contribution in [0.3, 0.4) is 0 Å². The van der Waals surface area contributed by atoms with Gasteiger partial charge < -0.3 is 17.7 Å². The van der Waals surface area contributed by atoms with E-state index in [4.69, 9.17) is 17.7 Å². The molecule has 0 aliphatic rings. The second kappa shape index (κ2) is 9.86. The molecule has 0 aliphatic heterocycles. The molecule has 0 aliphatic carbocycles. The maximum absolute atomic E-state index is 6.14. The summed E-state index contributed by atoms with van der Waals surface area (Å²) in [6.07, 6.45) is -0.119. The van der Waals surface area contributed by atoms with Gasteiger partial charge in [0.1, 0.15) is 6.23 Å². The Morgan fingerprint density at radius 1 is 0.750 bits per heavy atom. The summed E-state index contributed by atoms with van der Waals surface area (Å²) in [4.78, 5) is 2.28. The van der Waals surface area contributed by atoms with Crippen molar-refractivity contribution in [3.63, 3.8) is 0 Å². The smallest absolute Gasteiger partial charge is 0.351 e. The van der Waals surface area contributed by atoms with Crippen LogP contribution in [-0.4, -0.2) is 52.1 Å². The second-order valence-corrected chi connectivity index (χ2v) is 7.25. The molecule has 0 rings (SSSR count). The van der Waals surface area contributed by atoms with E-state index in [1.165, 1.54) is 0 Å². The molecular formula is C14H33NO4Si. The molecule has 6 heteroatoms. The van der Waals surface area contributed by atoms with Gasteiger partial charge in [-0.3, -0.25) is 4.90 Å². The third-order valence-electron chi connectivity index (χ3n) is 2.89. The summed E-state index contributed by atoms with van der Waals surface area (Å²) in [6.45, 7) is 18.0. The lowest BCUT2D eigenvalue weighted by atomic mass is 10.2. The zero-order chi connectivity index (χ0) is 15.8. The number of hydrogen-bond donors (Lipinski definition) is 0. The van der Waals surface area contributed by atoms with E-state index in [0.717, 1.165) is 0 Å². The molecule has 0 saturated heterocycles. The number of rotatable bonds is 11. The summed E-state index contributed by atoms with van der Waals surface area (Å²) < 4.78 is 23.4. The first-order valence-electron chi connectivity index (χ1n) is 7.70. The fourth-order valence-electron chi connectivity index (χ4n) is 2.46. The van der Waals surface area contributed by atoms with Crippen molar-refractivity contribution >= 4 is 9.05 Å². The summed E-state index contributed by atoms with van der Waals surface area (Å²) >= 11 is 0. The van der Waals surface area contributed by atoms with E-state index in [1.54, 1.807) is 0 Å². The molecule has 5 nitrogen and oxygen atoms in total. The Bertz CT molecular complexity index is 226. The Balaban J connectivity index is 5.01. The van der Waals surface area contributed by atoms with E-state index in [2.05, 4.69) is 32.6 Å². The standard InChI is InChI=1S/C14H33NO4Si/c1-9-16-20(17-10-2,18-11-3)19-14(8)15(12(4)5)13(6)7/h12-14H,9-11H2,1-8H3. The first-order chi connectivity index (χ1) is 9.33. The second-order valence-electron chi connectivity index (χ2n) is 5.15. The summed E-state index contributed by atoms with van der Waals surface area (Å²) in [5.74, 6) is 0. The van der Waals surface area contributed by atoms with Gasteiger partial charge in [0.2, 0.25) is 0 Å². The van der Waals surface area contributed by atoms with Crippen LogP contribution in [0.4, 0.5) is 0 Å². The predicted molar refractivity (Wildman–Crippen MR) is 83.3 cm³/mol. The molecule has 0 aromatic carbocycles.